The minimum absolute atomic E-state index is 0.0308. The number of benzene rings is 3. The molecule has 1 N–H and O–H groups in total. The fourth-order valence-corrected chi connectivity index (χ4v) is 4.18. The number of ketones is 1. The number of nitrogens with zero attached hydrogens (tertiary/aromatic N) is 1. The lowest BCUT2D eigenvalue weighted by atomic mass is 10.00. The van der Waals surface area contributed by atoms with Crippen molar-refractivity contribution in [3.8, 4) is 11.5 Å². The van der Waals surface area contributed by atoms with Crippen molar-refractivity contribution in [2.24, 2.45) is 0 Å². The zero-order chi connectivity index (χ0) is 24.5. The van der Waals surface area contributed by atoms with Crippen molar-refractivity contribution in [1.29, 1.82) is 0 Å². The van der Waals surface area contributed by atoms with Gasteiger partial charge >= 0.3 is 0 Å². The van der Waals surface area contributed by atoms with Crippen molar-refractivity contribution in [3.63, 3.8) is 0 Å². The molecule has 0 fully saturated rings. The molecule has 176 valence electrons. The molecule has 4 aromatic rings. The van der Waals surface area contributed by atoms with Crippen molar-refractivity contribution in [1.82, 2.24) is 4.57 Å². The van der Waals surface area contributed by atoms with Crippen LogP contribution in [0.3, 0.4) is 0 Å². The Morgan fingerprint density at radius 1 is 0.971 bits per heavy atom. The van der Waals surface area contributed by atoms with E-state index in [0.717, 1.165) is 17.5 Å². The Morgan fingerprint density at radius 3 is 2.51 bits per heavy atom. The van der Waals surface area contributed by atoms with Crippen LogP contribution < -0.4 is 20.2 Å². The van der Waals surface area contributed by atoms with Crippen LogP contribution in [0.4, 0.5) is 5.69 Å². The van der Waals surface area contributed by atoms with E-state index in [1.54, 1.807) is 47.0 Å². The first-order chi connectivity index (χ1) is 16.9. The number of pyridine rings is 1. The SMILES string of the molecule is CCc1ccc(C(=O)c2cn(CC(=O)Nc3ccc4c(c3)OCO4)c3ccc(C)cc3c2=O)cc1. The van der Waals surface area contributed by atoms with Crippen molar-refractivity contribution < 1.29 is 19.1 Å². The van der Waals surface area contributed by atoms with E-state index >= 15 is 0 Å². The number of carbonyl (C=O) groups is 2. The summed E-state index contributed by atoms with van der Waals surface area (Å²) >= 11 is 0. The molecule has 0 aliphatic carbocycles. The number of carbonyl (C=O) groups excluding carboxylic acids is 2. The third-order valence-corrected chi connectivity index (χ3v) is 6.07. The van der Waals surface area contributed by atoms with E-state index in [1.807, 2.05) is 32.0 Å². The first-order valence-electron chi connectivity index (χ1n) is 11.4. The molecule has 1 aliphatic heterocycles. The lowest BCUT2D eigenvalue weighted by molar-refractivity contribution is -0.116. The Kier molecular flexibility index (Phi) is 5.82. The van der Waals surface area contributed by atoms with Gasteiger partial charge in [-0.1, -0.05) is 42.8 Å². The molecular weight excluding hydrogens is 444 g/mol. The number of anilines is 1. The Labute approximate surface area is 201 Å². The quantitative estimate of drug-likeness (QED) is 0.422. The van der Waals surface area contributed by atoms with Gasteiger partial charge in [-0.05, 0) is 43.2 Å². The molecule has 0 atom stereocenters. The van der Waals surface area contributed by atoms with Crippen LogP contribution in [-0.2, 0) is 17.8 Å². The van der Waals surface area contributed by atoms with Gasteiger partial charge in [0.2, 0.25) is 18.1 Å². The lowest BCUT2D eigenvalue weighted by Crippen LogP contribution is -2.24. The first-order valence-corrected chi connectivity index (χ1v) is 11.4. The van der Waals surface area contributed by atoms with Crippen LogP contribution in [-0.4, -0.2) is 23.1 Å². The van der Waals surface area contributed by atoms with Gasteiger partial charge < -0.3 is 19.4 Å². The molecular formula is C28H24N2O5. The van der Waals surface area contributed by atoms with Crippen molar-refractivity contribution in [2.75, 3.05) is 12.1 Å². The highest BCUT2D eigenvalue weighted by Crippen LogP contribution is 2.34. The molecule has 35 heavy (non-hydrogen) atoms. The number of rotatable bonds is 6. The fourth-order valence-electron chi connectivity index (χ4n) is 4.18. The highest BCUT2D eigenvalue weighted by molar-refractivity contribution is 6.10. The minimum atomic E-state index is -0.369. The number of ether oxygens (including phenoxy) is 2. The second-order valence-corrected chi connectivity index (χ2v) is 8.52. The summed E-state index contributed by atoms with van der Waals surface area (Å²) in [6.45, 7) is 3.99. The molecule has 0 radical (unpaired) electrons. The van der Waals surface area contributed by atoms with Crippen LogP contribution in [0.1, 0.15) is 34.0 Å². The van der Waals surface area contributed by atoms with Crippen molar-refractivity contribution in [2.45, 2.75) is 26.8 Å². The predicted molar refractivity (Wildman–Crippen MR) is 133 cm³/mol. The van der Waals surface area contributed by atoms with E-state index in [0.29, 0.717) is 33.7 Å². The molecule has 5 rings (SSSR count). The molecule has 0 saturated heterocycles. The van der Waals surface area contributed by atoms with E-state index < -0.39 is 0 Å². The molecule has 3 aromatic carbocycles. The lowest BCUT2D eigenvalue weighted by Gasteiger charge is -2.14. The van der Waals surface area contributed by atoms with E-state index in [9.17, 15) is 14.4 Å². The molecule has 0 spiro atoms. The van der Waals surface area contributed by atoms with Gasteiger partial charge in [-0.3, -0.25) is 14.4 Å². The van der Waals surface area contributed by atoms with E-state index in [2.05, 4.69) is 5.32 Å². The number of hydrogen-bond acceptors (Lipinski definition) is 5. The molecule has 0 saturated carbocycles. The second kappa shape index (κ2) is 9.10. The zero-order valence-electron chi connectivity index (χ0n) is 19.5. The summed E-state index contributed by atoms with van der Waals surface area (Å²) in [4.78, 5) is 39.5. The fraction of sp³-hybridized carbons (Fsp3) is 0.179. The number of aryl methyl sites for hydroxylation is 2. The van der Waals surface area contributed by atoms with Crippen LogP contribution in [0.15, 0.2) is 71.7 Å². The highest BCUT2D eigenvalue weighted by Gasteiger charge is 2.19. The third kappa shape index (κ3) is 4.40. The van der Waals surface area contributed by atoms with Gasteiger partial charge in [-0.25, -0.2) is 0 Å². The Morgan fingerprint density at radius 2 is 1.74 bits per heavy atom. The molecule has 1 aliphatic rings. The van der Waals surface area contributed by atoms with Gasteiger partial charge in [0, 0.05) is 28.9 Å². The number of amides is 1. The Balaban J connectivity index is 1.50. The van der Waals surface area contributed by atoms with Gasteiger partial charge in [-0.15, -0.1) is 0 Å². The number of hydrogen-bond donors (Lipinski definition) is 1. The van der Waals surface area contributed by atoms with Crippen molar-refractivity contribution in [3.05, 3.63) is 99.3 Å². The molecule has 1 aromatic heterocycles. The molecule has 1 amide bonds. The normalized spacial score (nSPS) is 12.1. The maximum Gasteiger partial charge on any atom is 0.244 e. The maximum absolute atomic E-state index is 13.3. The summed E-state index contributed by atoms with van der Waals surface area (Å²) < 4.78 is 12.3. The summed E-state index contributed by atoms with van der Waals surface area (Å²) in [5.74, 6) is 0.514. The summed E-state index contributed by atoms with van der Waals surface area (Å²) in [5.41, 5.74) is 3.26. The zero-order valence-corrected chi connectivity index (χ0v) is 19.5. The second-order valence-electron chi connectivity index (χ2n) is 8.52. The molecule has 7 heteroatoms. The smallest absolute Gasteiger partial charge is 0.244 e. The molecule has 7 nitrogen and oxygen atoms in total. The summed E-state index contributed by atoms with van der Waals surface area (Å²) in [5, 5.41) is 3.25. The van der Waals surface area contributed by atoms with Crippen molar-refractivity contribution >= 4 is 28.3 Å². The highest BCUT2D eigenvalue weighted by atomic mass is 16.7. The van der Waals surface area contributed by atoms with Gasteiger partial charge in [0.05, 0.1) is 11.1 Å². The van der Waals surface area contributed by atoms with E-state index in [1.165, 1.54) is 6.20 Å². The first kappa shape index (κ1) is 22.4. The van der Waals surface area contributed by atoms with Crippen LogP contribution >= 0.6 is 0 Å². The van der Waals surface area contributed by atoms with Gasteiger partial charge in [0.15, 0.2) is 17.3 Å². The maximum atomic E-state index is 13.3. The van der Waals surface area contributed by atoms with Crippen LogP contribution in [0.2, 0.25) is 0 Å². The predicted octanol–water partition coefficient (Wildman–Crippen LogP) is 4.47. The minimum Gasteiger partial charge on any atom is -0.454 e. The number of fused-ring (bicyclic) bond motifs is 2. The summed E-state index contributed by atoms with van der Waals surface area (Å²) in [7, 11) is 0. The third-order valence-electron chi connectivity index (χ3n) is 6.07. The molecule has 0 unspecified atom stereocenters. The van der Waals surface area contributed by atoms with Crippen LogP contribution in [0.25, 0.3) is 10.9 Å². The monoisotopic (exact) mass is 468 g/mol. The standard InChI is InChI=1S/C28H24N2O5/c1-3-18-5-7-19(8-6-18)27(32)22-14-30(23-10-4-17(2)12-21(23)28(22)33)15-26(31)29-20-9-11-24-25(13-20)35-16-34-24/h4-14H,3,15-16H2,1-2H3,(H,29,31). The number of nitrogens with one attached hydrogen (secondary N) is 1. The largest absolute Gasteiger partial charge is 0.454 e. The summed E-state index contributed by atoms with van der Waals surface area (Å²) in [6.07, 6.45) is 2.34. The van der Waals surface area contributed by atoms with Gasteiger partial charge in [0.1, 0.15) is 6.54 Å². The topological polar surface area (TPSA) is 86.6 Å². The molecule has 2 heterocycles. The van der Waals surface area contributed by atoms with Gasteiger partial charge in [0.25, 0.3) is 0 Å². The van der Waals surface area contributed by atoms with Gasteiger partial charge in [-0.2, -0.15) is 0 Å². The van der Waals surface area contributed by atoms with Crippen LogP contribution in [0, 0.1) is 6.92 Å². The van der Waals surface area contributed by atoms with E-state index in [-0.39, 0.29) is 36.0 Å². The summed E-state index contributed by atoms with van der Waals surface area (Å²) in [6, 6.07) is 17.8. The average molecular weight is 469 g/mol. The molecule has 0 bridgehead atoms. The van der Waals surface area contributed by atoms with E-state index in [4.69, 9.17) is 9.47 Å². The van der Waals surface area contributed by atoms with Crippen LogP contribution in [0.5, 0.6) is 11.5 Å². The number of aromatic nitrogens is 1. The average Bonchev–Trinajstić information content (AvgIpc) is 3.33. The Hall–Kier alpha value is -4.39. The Bertz CT molecular complexity index is 1520.